The lowest BCUT2D eigenvalue weighted by Gasteiger charge is -2.44. The van der Waals surface area contributed by atoms with E-state index in [2.05, 4.69) is 30.2 Å². The molecule has 0 bridgehead atoms. The van der Waals surface area contributed by atoms with Gasteiger partial charge in [-0.05, 0) is 31.4 Å². The van der Waals surface area contributed by atoms with E-state index in [1.165, 1.54) is 0 Å². The molecule has 4 aromatic heterocycles. The fourth-order valence-corrected chi connectivity index (χ4v) is 5.61. The number of hydrogen-bond acceptors (Lipinski definition) is 6. The first-order chi connectivity index (χ1) is 17.7. The van der Waals surface area contributed by atoms with Crippen molar-refractivity contribution in [1.29, 1.82) is 0 Å². The Labute approximate surface area is 217 Å². The summed E-state index contributed by atoms with van der Waals surface area (Å²) >= 11 is 6.57. The van der Waals surface area contributed by atoms with Crippen molar-refractivity contribution >= 4 is 23.2 Å². The van der Waals surface area contributed by atoms with E-state index in [1.54, 1.807) is 31.1 Å². The van der Waals surface area contributed by atoms with Crippen LogP contribution in [0.3, 0.4) is 0 Å². The van der Waals surface area contributed by atoms with Crippen molar-refractivity contribution in [2.24, 2.45) is 7.05 Å². The summed E-state index contributed by atoms with van der Waals surface area (Å²) in [7, 11) is 3.37. The third-order valence-corrected chi connectivity index (χ3v) is 7.92. The highest BCUT2D eigenvalue weighted by molar-refractivity contribution is 6.33. The Kier molecular flexibility index (Phi) is 5.52. The maximum Gasteiger partial charge on any atom is 0.257 e. The van der Waals surface area contributed by atoms with Crippen LogP contribution in [0.15, 0.2) is 30.6 Å². The Hall–Kier alpha value is -3.47. The first kappa shape index (κ1) is 23.9. The molecule has 2 aliphatic rings. The zero-order chi connectivity index (χ0) is 25.9. The minimum atomic E-state index is -2.86. The van der Waals surface area contributed by atoms with Crippen molar-refractivity contribution in [2.75, 3.05) is 12.4 Å². The fraction of sp³-hybridized carbons (Fsp3) is 0.440. The summed E-state index contributed by atoms with van der Waals surface area (Å²) in [5, 5.41) is 16.7. The van der Waals surface area contributed by atoms with E-state index < -0.39 is 11.3 Å². The zero-order valence-electron chi connectivity index (χ0n) is 20.8. The Morgan fingerprint density at radius 3 is 2.62 bits per heavy atom. The summed E-state index contributed by atoms with van der Waals surface area (Å²) in [6.07, 6.45) is 6.01. The van der Waals surface area contributed by atoms with Crippen molar-refractivity contribution in [2.45, 2.75) is 57.0 Å². The number of rotatable bonds is 6. The highest BCUT2D eigenvalue weighted by Crippen LogP contribution is 2.53. The lowest BCUT2D eigenvalue weighted by atomic mass is 9.64. The molecule has 1 fully saturated rings. The summed E-state index contributed by atoms with van der Waals surface area (Å²) < 4.78 is 40.3. The van der Waals surface area contributed by atoms with Crippen LogP contribution < -0.4 is 10.1 Å². The highest BCUT2D eigenvalue weighted by atomic mass is 35.5. The second-order valence-corrected chi connectivity index (χ2v) is 10.3. The van der Waals surface area contributed by atoms with Gasteiger partial charge in [0.15, 0.2) is 5.82 Å². The molecule has 0 saturated heterocycles. The Morgan fingerprint density at radius 2 is 1.95 bits per heavy atom. The van der Waals surface area contributed by atoms with E-state index in [-0.39, 0.29) is 0 Å². The quantitative estimate of drug-likeness (QED) is 0.359. The largest absolute Gasteiger partial charge is 0.480 e. The van der Waals surface area contributed by atoms with Crippen LogP contribution in [0.1, 0.15) is 38.4 Å². The van der Waals surface area contributed by atoms with Crippen LogP contribution in [0.25, 0.3) is 22.6 Å². The van der Waals surface area contributed by atoms with E-state index in [0.717, 1.165) is 43.1 Å². The minimum Gasteiger partial charge on any atom is -0.480 e. The molecule has 6 rings (SSSR count). The van der Waals surface area contributed by atoms with Gasteiger partial charge >= 0.3 is 0 Å². The van der Waals surface area contributed by atoms with Crippen LogP contribution in [0.4, 0.5) is 20.4 Å². The summed E-state index contributed by atoms with van der Waals surface area (Å²) in [6.45, 7) is 2.34. The number of halogens is 3. The van der Waals surface area contributed by atoms with Crippen LogP contribution in [0, 0.1) is 0 Å². The smallest absolute Gasteiger partial charge is 0.257 e. The van der Waals surface area contributed by atoms with Gasteiger partial charge < -0.3 is 19.2 Å². The normalized spacial score (nSPS) is 16.5. The van der Waals surface area contributed by atoms with Gasteiger partial charge in [-0.15, -0.1) is 15.3 Å². The number of nitrogens with zero attached hydrogens (tertiary/aromatic N) is 7. The number of nitrogens with one attached hydrogen (secondary N) is 1. The molecule has 1 N–H and O–H groups in total. The monoisotopic (exact) mass is 528 g/mol. The lowest BCUT2D eigenvalue weighted by molar-refractivity contribution is -0.102. The van der Waals surface area contributed by atoms with Gasteiger partial charge in [-0.25, -0.2) is 18.4 Å². The van der Waals surface area contributed by atoms with Gasteiger partial charge in [0.25, 0.3) is 5.92 Å². The average molecular weight is 529 g/mol. The van der Waals surface area contributed by atoms with Crippen molar-refractivity contribution in [3.05, 3.63) is 41.4 Å². The second kappa shape index (κ2) is 8.54. The van der Waals surface area contributed by atoms with Gasteiger partial charge in [0.2, 0.25) is 5.88 Å². The van der Waals surface area contributed by atoms with Crippen molar-refractivity contribution in [3.63, 3.8) is 0 Å². The third kappa shape index (κ3) is 3.78. The summed E-state index contributed by atoms with van der Waals surface area (Å²) in [5.41, 5.74) is 1.26. The van der Waals surface area contributed by atoms with Gasteiger partial charge in [0, 0.05) is 56.6 Å². The molecule has 5 heterocycles. The van der Waals surface area contributed by atoms with E-state index in [0.29, 0.717) is 53.6 Å². The van der Waals surface area contributed by atoms with Crippen LogP contribution >= 0.6 is 11.6 Å². The first-order valence-corrected chi connectivity index (χ1v) is 12.6. The number of pyridine rings is 1. The topological polar surface area (TPSA) is 87.6 Å². The van der Waals surface area contributed by atoms with Gasteiger partial charge in [0.1, 0.15) is 17.5 Å². The van der Waals surface area contributed by atoms with Crippen LogP contribution in [-0.4, -0.2) is 47.1 Å². The molecule has 0 unspecified atom stereocenters. The first-order valence-electron chi connectivity index (χ1n) is 12.2. The molecule has 1 aliphatic carbocycles. The molecule has 194 valence electrons. The van der Waals surface area contributed by atoms with E-state index in [9.17, 15) is 8.78 Å². The van der Waals surface area contributed by atoms with Gasteiger partial charge in [-0.2, -0.15) is 0 Å². The maximum atomic E-state index is 14.7. The molecule has 4 aromatic rings. The molecule has 0 radical (unpaired) electrons. The van der Waals surface area contributed by atoms with E-state index >= 15 is 0 Å². The van der Waals surface area contributed by atoms with Gasteiger partial charge in [-0.1, -0.05) is 18.0 Å². The zero-order valence-corrected chi connectivity index (χ0v) is 21.6. The number of alkyl halides is 2. The standard InChI is InChI=1S/C25H27ClF2N8O/c1-24(27,28)25(6-4-7-25)23-32-31-22-18-10-15(14-35(18)8-5-9-36(22)23)16-11-19(29-13-17(16)26)30-20-12-21(37-3)33-34(20)2/h10-14H,4-9H2,1-3H3,(H,29,30). The molecule has 0 amide bonds. The molecule has 37 heavy (non-hydrogen) atoms. The molecular formula is C25H27ClF2N8O. The van der Waals surface area contributed by atoms with Crippen molar-refractivity contribution in [3.8, 4) is 28.5 Å². The van der Waals surface area contributed by atoms with Gasteiger partial charge in [0.05, 0.1) is 23.2 Å². The number of hydrogen-bond donors (Lipinski definition) is 1. The molecule has 1 saturated carbocycles. The Balaban J connectivity index is 1.37. The summed E-state index contributed by atoms with van der Waals surface area (Å²) in [5.74, 6) is -0.0569. The lowest BCUT2D eigenvalue weighted by Crippen LogP contribution is -2.50. The molecule has 9 nitrogen and oxygen atoms in total. The minimum absolute atomic E-state index is 0.400. The predicted molar refractivity (Wildman–Crippen MR) is 135 cm³/mol. The molecular weight excluding hydrogens is 502 g/mol. The number of anilines is 2. The highest BCUT2D eigenvalue weighted by Gasteiger charge is 2.58. The fourth-order valence-electron chi connectivity index (χ4n) is 5.39. The van der Waals surface area contributed by atoms with Crippen LogP contribution in [0.5, 0.6) is 5.88 Å². The molecule has 0 atom stereocenters. The van der Waals surface area contributed by atoms with Crippen LogP contribution in [-0.2, 0) is 25.6 Å². The average Bonchev–Trinajstić information content (AvgIpc) is 3.49. The number of fused-ring (bicyclic) bond motifs is 3. The third-order valence-electron chi connectivity index (χ3n) is 7.62. The molecule has 0 aromatic carbocycles. The summed E-state index contributed by atoms with van der Waals surface area (Å²) in [4.78, 5) is 4.41. The number of aryl methyl sites for hydroxylation is 2. The van der Waals surface area contributed by atoms with Crippen molar-refractivity contribution < 1.29 is 13.5 Å². The molecule has 12 heteroatoms. The maximum absolute atomic E-state index is 14.7. The molecule has 0 spiro atoms. The number of aromatic nitrogens is 7. The SMILES string of the molecule is COc1cc(Nc2cc(-c3cc4n(c3)CCCn3c-4nnc3C3(C(C)(F)F)CCC3)c(Cl)cn2)n(C)n1. The number of ether oxygens (including phenoxy) is 1. The Morgan fingerprint density at radius 1 is 1.14 bits per heavy atom. The summed E-state index contributed by atoms with van der Waals surface area (Å²) in [6, 6.07) is 5.63. The second-order valence-electron chi connectivity index (χ2n) is 9.85. The number of methoxy groups -OCH3 is 1. The van der Waals surface area contributed by atoms with E-state index in [4.69, 9.17) is 16.3 Å². The Bertz CT molecular complexity index is 1480. The van der Waals surface area contributed by atoms with Gasteiger partial charge in [-0.3, -0.25) is 0 Å². The molecule has 1 aliphatic heterocycles. The van der Waals surface area contributed by atoms with E-state index in [1.807, 2.05) is 22.9 Å². The van der Waals surface area contributed by atoms with Crippen LogP contribution in [0.2, 0.25) is 5.02 Å². The van der Waals surface area contributed by atoms with Crippen molar-refractivity contribution in [1.82, 2.24) is 34.1 Å². The predicted octanol–water partition coefficient (Wildman–Crippen LogP) is 5.43.